The third-order valence-corrected chi connectivity index (χ3v) is 5.75. The van der Waals surface area contributed by atoms with Gasteiger partial charge in [0.25, 0.3) is 0 Å². The van der Waals surface area contributed by atoms with Crippen LogP contribution in [0.3, 0.4) is 0 Å². The van der Waals surface area contributed by atoms with E-state index in [2.05, 4.69) is 4.98 Å². The fourth-order valence-corrected chi connectivity index (χ4v) is 4.21. The third-order valence-electron chi connectivity index (χ3n) is 3.87. The molecule has 1 aromatic carbocycles. The van der Waals surface area contributed by atoms with E-state index in [1.807, 2.05) is 6.07 Å². The Morgan fingerprint density at radius 3 is 2.79 bits per heavy atom. The van der Waals surface area contributed by atoms with Crippen molar-refractivity contribution in [2.24, 2.45) is 0 Å². The van der Waals surface area contributed by atoms with Gasteiger partial charge in [0.15, 0.2) is 0 Å². The van der Waals surface area contributed by atoms with Gasteiger partial charge >= 0.3 is 0 Å². The zero-order valence-electron chi connectivity index (χ0n) is 13.0. The number of benzene rings is 1. The number of hydrogen-bond donors (Lipinski definition) is 0. The van der Waals surface area contributed by atoms with E-state index < -0.39 is 10.0 Å². The van der Waals surface area contributed by atoms with Gasteiger partial charge in [-0.15, -0.1) is 0 Å². The predicted molar refractivity (Wildman–Crippen MR) is 87.8 cm³/mol. The molecule has 2 heterocycles. The standard InChI is InChI=1S/C17H17N3O3S/c18-12-14-8-9-19-17(11-14)23-15-5-4-10-20(13-15)24(21,22)16-6-2-1-3-7-16/h1-3,6-9,11,15H,4-5,10,13H2. The highest BCUT2D eigenvalue weighted by Crippen LogP contribution is 2.23. The van der Waals surface area contributed by atoms with E-state index in [0.29, 0.717) is 24.4 Å². The predicted octanol–water partition coefficient (Wildman–Crippen LogP) is 2.19. The van der Waals surface area contributed by atoms with Crippen molar-refractivity contribution in [3.8, 4) is 11.9 Å². The Bertz CT molecular complexity index is 847. The Kier molecular flexibility index (Phi) is 4.79. The molecule has 0 radical (unpaired) electrons. The number of aromatic nitrogens is 1. The maximum Gasteiger partial charge on any atom is 0.243 e. The van der Waals surface area contributed by atoms with Crippen molar-refractivity contribution in [1.82, 2.24) is 9.29 Å². The molecule has 0 amide bonds. The van der Waals surface area contributed by atoms with Gasteiger partial charge in [-0.1, -0.05) is 18.2 Å². The summed E-state index contributed by atoms with van der Waals surface area (Å²) in [6.07, 6.45) is 2.70. The van der Waals surface area contributed by atoms with Crippen molar-refractivity contribution in [2.75, 3.05) is 13.1 Å². The molecule has 1 aliphatic rings. The van der Waals surface area contributed by atoms with E-state index in [-0.39, 0.29) is 17.5 Å². The maximum atomic E-state index is 12.7. The molecule has 0 aliphatic carbocycles. The Hall–Kier alpha value is -2.43. The highest BCUT2D eigenvalue weighted by Gasteiger charge is 2.31. The molecule has 1 atom stereocenters. The summed E-state index contributed by atoms with van der Waals surface area (Å²) in [5.74, 6) is 0.345. The molecule has 0 spiro atoms. The molecule has 7 heteroatoms. The van der Waals surface area contributed by atoms with Gasteiger partial charge in [-0.3, -0.25) is 0 Å². The van der Waals surface area contributed by atoms with Crippen LogP contribution in [0.15, 0.2) is 53.6 Å². The molecule has 1 fully saturated rings. The topological polar surface area (TPSA) is 83.3 Å². The van der Waals surface area contributed by atoms with Crippen molar-refractivity contribution in [2.45, 2.75) is 23.8 Å². The molecule has 2 aromatic rings. The first-order chi connectivity index (χ1) is 11.6. The van der Waals surface area contributed by atoms with Gasteiger partial charge in [0.05, 0.1) is 23.1 Å². The zero-order valence-corrected chi connectivity index (χ0v) is 13.8. The fraction of sp³-hybridized carbons (Fsp3) is 0.294. The summed E-state index contributed by atoms with van der Waals surface area (Å²) in [5.41, 5.74) is 0.463. The third kappa shape index (κ3) is 3.55. The molecule has 0 N–H and O–H groups in total. The van der Waals surface area contributed by atoms with Crippen molar-refractivity contribution in [3.63, 3.8) is 0 Å². The molecule has 1 unspecified atom stereocenters. The van der Waals surface area contributed by atoms with Gasteiger partial charge in [-0.2, -0.15) is 9.57 Å². The summed E-state index contributed by atoms with van der Waals surface area (Å²) < 4.78 is 32.6. The van der Waals surface area contributed by atoms with Crippen LogP contribution < -0.4 is 4.74 Å². The average Bonchev–Trinajstić information content (AvgIpc) is 2.63. The molecule has 24 heavy (non-hydrogen) atoms. The smallest absolute Gasteiger partial charge is 0.243 e. The molecular formula is C17H17N3O3S. The van der Waals surface area contributed by atoms with Crippen LogP contribution in [0, 0.1) is 11.3 Å². The lowest BCUT2D eigenvalue weighted by Gasteiger charge is -2.31. The van der Waals surface area contributed by atoms with Crippen molar-refractivity contribution in [1.29, 1.82) is 5.26 Å². The molecule has 6 nitrogen and oxygen atoms in total. The van der Waals surface area contributed by atoms with Crippen molar-refractivity contribution < 1.29 is 13.2 Å². The Balaban J connectivity index is 1.74. The number of hydrogen-bond acceptors (Lipinski definition) is 5. The Morgan fingerprint density at radius 1 is 1.25 bits per heavy atom. The summed E-state index contributed by atoms with van der Waals surface area (Å²) >= 11 is 0. The number of pyridine rings is 1. The van der Waals surface area contributed by atoms with Crippen LogP contribution in [0.2, 0.25) is 0 Å². The highest BCUT2D eigenvalue weighted by atomic mass is 32.2. The SMILES string of the molecule is N#Cc1ccnc(OC2CCCN(S(=O)(=O)c3ccccc3)C2)c1. The summed E-state index contributed by atoms with van der Waals surface area (Å²) in [5, 5.41) is 8.92. The van der Waals surface area contributed by atoms with E-state index in [1.54, 1.807) is 42.5 Å². The number of rotatable bonds is 4. The summed E-state index contributed by atoms with van der Waals surface area (Å²) in [4.78, 5) is 4.37. The van der Waals surface area contributed by atoms with Gasteiger partial charge in [0, 0.05) is 18.8 Å². The molecule has 1 saturated heterocycles. The first-order valence-corrected chi connectivity index (χ1v) is 9.11. The van der Waals surface area contributed by atoms with Gasteiger partial charge in [-0.25, -0.2) is 13.4 Å². The first kappa shape index (κ1) is 16.4. The van der Waals surface area contributed by atoms with Crippen LogP contribution in [0.25, 0.3) is 0 Å². The second kappa shape index (κ2) is 6.99. The van der Waals surface area contributed by atoms with E-state index in [9.17, 15) is 8.42 Å². The van der Waals surface area contributed by atoms with Crippen LogP contribution in [0.4, 0.5) is 0 Å². The molecule has 0 bridgehead atoms. The van der Waals surface area contributed by atoms with Crippen LogP contribution in [0.1, 0.15) is 18.4 Å². The second-order valence-electron chi connectivity index (χ2n) is 5.55. The van der Waals surface area contributed by atoms with Gasteiger partial charge in [-0.05, 0) is 31.0 Å². The van der Waals surface area contributed by atoms with Gasteiger partial charge < -0.3 is 4.74 Å². The Labute approximate surface area is 141 Å². The monoisotopic (exact) mass is 343 g/mol. The van der Waals surface area contributed by atoms with Crippen molar-refractivity contribution in [3.05, 3.63) is 54.2 Å². The minimum atomic E-state index is -3.52. The molecular weight excluding hydrogens is 326 g/mol. The number of nitriles is 1. The summed E-state index contributed by atoms with van der Waals surface area (Å²) in [7, 11) is -3.52. The number of ether oxygens (including phenoxy) is 1. The second-order valence-corrected chi connectivity index (χ2v) is 7.49. The number of sulfonamides is 1. The molecule has 1 aliphatic heterocycles. The molecule has 1 aromatic heterocycles. The lowest BCUT2D eigenvalue weighted by molar-refractivity contribution is 0.124. The van der Waals surface area contributed by atoms with E-state index in [0.717, 1.165) is 6.42 Å². The van der Waals surface area contributed by atoms with E-state index in [4.69, 9.17) is 10.00 Å². The maximum absolute atomic E-state index is 12.7. The van der Waals surface area contributed by atoms with Crippen LogP contribution >= 0.6 is 0 Å². The highest BCUT2D eigenvalue weighted by molar-refractivity contribution is 7.89. The first-order valence-electron chi connectivity index (χ1n) is 7.67. The number of nitrogens with zero attached hydrogens (tertiary/aromatic N) is 3. The summed E-state index contributed by atoms with van der Waals surface area (Å²) in [6.45, 7) is 0.748. The lowest BCUT2D eigenvalue weighted by atomic mass is 10.1. The zero-order chi connectivity index (χ0) is 17.0. The largest absolute Gasteiger partial charge is 0.473 e. The van der Waals surface area contributed by atoms with E-state index in [1.165, 1.54) is 10.5 Å². The molecule has 3 rings (SSSR count). The average molecular weight is 343 g/mol. The Morgan fingerprint density at radius 2 is 2.04 bits per heavy atom. The lowest BCUT2D eigenvalue weighted by Crippen LogP contribution is -2.44. The molecule has 124 valence electrons. The fourth-order valence-electron chi connectivity index (χ4n) is 2.68. The van der Waals surface area contributed by atoms with E-state index >= 15 is 0 Å². The van der Waals surface area contributed by atoms with Crippen LogP contribution in [-0.4, -0.2) is 36.9 Å². The van der Waals surface area contributed by atoms with Gasteiger partial charge in [0.2, 0.25) is 15.9 Å². The summed E-state index contributed by atoms with van der Waals surface area (Å²) in [6, 6.07) is 13.6. The minimum absolute atomic E-state index is 0.274. The van der Waals surface area contributed by atoms with Crippen LogP contribution in [-0.2, 0) is 10.0 Å². The normalized spacial score (nSPS) is 18.7. The van der Waals surface area contributed by atoms with Crippen molar-refractivity contribution >= 4 is 10.0 Å². The quantitative estimate of drug-likeness (QED) is 0.850. The molecule has 0 saturated carbocycles. The van der Waals surface area contributed by atoms with Gasteiger partial charge in [0.1, 0.15) is 6.10 Å². The minimum Gasteiger partial charge on any atom is -0.473 e. The number of piperidine rings is 1. The van der Waals surface area contributed by atoms with Crippen LogP contribution in [0.5, 0.6) is 5.88 Å².